The number of esters is 1. The zero-order chi connectivity index (χ0) is 17.4. The monoisotopic (exact) mass is 333 g/mol. The van der Waals surface area contributed by atoms with E-state index in [4.69, 9.17) is 4.74 Å². The first-order valence-corrected chi connectivity index (χ1v) is 8.96. The van der Waals surface area contributed by atoms with Gasteiger partial charge in [-0.2, -0.15) is 0 Å². The summed E-state index contributed by atoms with van der Waals surface area (Å²) in [7, 11) is 1.41. The average Bonchev–Trinajstić information content (AvgIpc) is 3.16. The number of carbonyl (C=O) groups excluding carboxylic acids is 1. The van der Waals surface area contributed by atoms with E-state index in [2.05, 4.69) is 54.7 Å². The van der Waals surface area contributed by atoms with E-state index in [9.17, 15) is 4.79 Å². The van der Waals surface area contributed by atoms with Gasteiger partial charge in [-0.1, -0.05) is 49.4 Å². The maximum Gasteiger partial charge on any atom is 0.337 e. The maximum atomic E-state index is 11.7. The maximum absolute atomic E-state index is 11.7. The standard InChI is InChI=1S/C22H23NO2/c1-3-14-6-4-8-18-17-7-5-9-19(17)21(23-20(14)18)15-10-12-16(13-11-15)22(24)25-2/h4-8,10-13,17,19,21,23H,3,9H2,1-2H3/t17-,19+,21-/m1/s1. The van der Waals surface area contributed by atoms with Crippen molar-refractivity contribution in [2.24, 2.45) is 5.92 Å². The Balaban J connectivity index is 1.72. The van der Waals surface area contributed by atoms with E-state index in [0.29, 0.717) is 17.4 Å². The minimum Gasteiger partial charge on any atom is -0.465 e. The molecule has 3 nitrogen and oxygen atoms in total. The fourth-order valence-electron chi connectivity index (χ4n) is 4.26. The van der Waals surface area contributed by atoms with Gasteiger partial charge in [-0.3, -0.25) is 0 Å². The fourth-order valence-corrected chi connectivity index (χ4v) is 4.26. The number of fused-ring (bicyclic) bond motifs is 3. The first-order chi connectivity index (χ1) is 12.2. The number of rotatable bonds is 3. The highest BCUT2D eigenvalue weighted by Crippen LogP contribution is 2.50. The lowest BCUT2D eigenvalue weighted by Crippen LogP contribution is -2.29. The van der Waals surface area contributed by atoms with E-state index >= 15 is 0 Å². The predicted molar refractivity (Wildman–Crippen MR) is 100.0 cm³/mol. The predicted octanol–water partition coefficient (Wildman–Crippen LogP) is 4.86. The number of aryl methyl sites for hydroxylation is 1. The molecule has 0 radical (unpaired) electrons. The van der Waals surface area contributed by atoms with Gasteiger partial charge < -0.3 is 10.1 Å². The summed E-state index contributed by atoms with van der Waals surface area (Å²) in [5, 5.41) is 3.81. The van der Waals surface area contributed by atoms with Crippen molar-refractivity contribution >= 4 is 11.7 Å². The van der Waals surface area contributed by atoms with Gasteiger partial charge in [0.2, 0.25) is 0 Å². The molecule has 0 bridgehead atoms. The van der Waals surface area contributed by atoms with E-state index in [0.717, 1.165) is 12.8 Å². The number of allylic oxidation sites excluding steroid dienone is 2. The summed E-state index contributed by atoms with van der Waals surface area (Å²) < 4.78 is 4.80. The highest BCUT2D eigenvalue weighted by atomic mass is 16.5. The highest BCUT2D eigenvalue weighted by Gasteiger charge is 2.38. The van der Waals surface area contributed by atoms with E-state index in [1.54, 1.807) is 0 Å². The summed E-state index contributed by atoms with van der Waals surface area (Å²) in [6, 6.07) is 14.7. The van der Waals surface area contributed by atoms with Gasteiger partial charge in [0.25, 0.3) is 0 Å². The van der Waals surface area contributed by atoms with Crippen LogP contribution in [-0.2, 0) is 11.2 Å². The van der Waals surface area contributed by atoms with Crippen LogP contribution in [0.4, 0.5) is 5.69 Å². The molecule has 3 atom stereocenters. The molecule has 2 aromatic rings. The fraction of sp³-hybridized carbons (Fsp3) is 0.318. The van der Waals surface area contributed by atoms with Crippen LogP contribution in [-0.4, -0.2) is 13.1 Å². The summed E-state index contributed by atoms with van der Waals surface area (Å²) in [4.78, 5) is 11.7. The molecular formula is C22H23NO2. The Morgan fingerprint density at radius 2 is 2.00 bits per heavy atom. The lowest BCUT2D eigenvalue weighted by Gasteiger charge is -2.38. The van der Waals surface area contributed by atoms with Gasteiger partial charge in [0.05, 0.1) is 18.7 Å². The summed E-state index contributed by atoms with van der Waals surface area (Å²) >= 11 is 0. The van der Waals surface area contributed by atoms with Crippen molar-refractivity contribution in [3.05, 3.63) is 76.9 Å². The Bertz CT molecular complexity index is 822. The van der Waals surface area contributed by atoms with Gasteiger partial charge in [0.1, 0.15) is 0 Å². The molecule has 0 amide bonds. The van der Waals surface area contributed by atoms with Crippen LogP contribution in [0.5, 0.6) is 0 Å². The van der Waals surface area contributed by atoms with Crippen LogP contribution in [0.25, 0.3) is 0 Å². The molecule has 1 aliphatic carbocycles. The first kappa shape index (κ1) is 15.9. The molecule has 0 unspecified atom stereocenters. The van der Waals surface area contributed by atoms with E-state index in [1.165, 1.54) is 29.5 Å². The molecule has 2 aliphatic rings. The molecular weight excluding hydrogens is 310 g/mol. The number of ether oxygens (including phenoxy) is 1. The Morgan fingerprint density at radius 1 is 1.20 bits per heavy atom. The number of carbonyl (C=O) groups is 1. The summed E-state index contributed by atoms with van der Waals surface area (Å²) in [6.45, 7) is 2.20. The Labute approximate surface area is 148 Å². The molecule has 25 heavy (non-hydrogen) atoms. The van der Waals surface area contributed by atoms with Crippen molar-refractivity contribution in [1.82, 2.24) is 0 Å². The molecule has 1 N–H and O–H groups in total. The van der Waals surface area contributed by atoms with Crippen molar-refractivity contribution in [2.75, 3.05) is 12.4 Å². The third-order valence-electron chi connectivity index (χ3n) is 5.55. The van der Waals surface area contributed by atoms with Crippen LogP contribution >= 0.6 is 0 Å². The number of benzene rings is 2. The van der Waals surface area contributed by atoms with E-state index < -0.39 is 0 Å². The van der Waals surface area contributed by atoms with Gasteiger partial charge in [0, 0.05) is 11.6 Å². The van der Waals surface area contributed by atoms with Gasteiger partial charge >= 0.3 is 5.97 Å². The normalized spacial score (nSPS) is 23.5. The van der Waals surface area contributed by atoms with Crippen LogP contribution in [0.1, 0.15) is 52.4 Å². The Kier molecular flexibility index (Phi) is 4.08. The smallest absolute Gasteiger partial charge is 0.337 e. The van der Waals surface area contributed by atoms with Gasteiger partial charge in [-0.15, -0.1) is 0 Å². The molecule has 128 valence electrons. The summed E-state index contributed by atoms with van der Waals surface area (Å²) in [5.41, 5.74) is 5.90. The van der Waals surface area contributed by atoms with Crippen molar-refractivity contribution in [3.8, 4) is 0 Å². The van der Waals surface area contributed by atoms with Crippen molar-refractivity contribution in [3.63, 3.8) is 0 Å². The van der Waals surface area contributed by atoms with E-state index in [-0.39, 0.29) is 12.0 Å². The molecule has 2 aromatic carbocycles. The third kappa shape index (κ3) is 2.64. The highest BCUT2D eigenvalue weighted by molar-refractivity contribution is 5.89. The zero-order valence-electron chi connectivity index (χ0n) is 14.7. The summed E-state index contributed by atoms with van der Waals surface area (Å²) in [5.74, 6) is 0.693. The molecule has 0 aromatic heterocycles. The third-order valence-corrected chi connectivity index (χ3v) is 5.55. The van der Waals surface area contributed by atoms with Crippen molar-refractivity contribution in [2.45, 2.75) is 31.7 Å². The largest absolute Gasteiger partial charge is 0.465 e. The summed E-state index contributed by atoms with van der Waals surface area (Å²) in [6.07, 6.45) is 6.77. The lowest BCUT2D eigenvalue weighted by atomic mass is 9.76. The molecule has 0 saturated carbocycles. The Hall–Kier alpha value is -2.55. The molecule has 0 saturated heterocycles. The quantitative estimate of drug-likeness (QED) is 0.644. The second-order valence-electron chi connectivity index (χ2n) is 6.82. The number of nitrogens with one attached hydrogen (secondary N) is 1. The molecule has 0 spiro atoms. The molecule has 1 heterocycles. The minimum atomic E-state index is -0.290. The van der Waals surface area contributed by atoms with Gasteiger partial charge in [0.15, 0.2) is 0 Å². The first-order valence-electron chi connectivity index (χ1n) is 8.96. The number of hydrogen-bond donors (Lipinski definition) is 1. The topological polar surface area (TPSA) is 38.3 Å². The number of anilines is 1. The molecule has 1 aliphatic heterocycles. The number of para-hydroxylation sites is 1. The van der Waals surface area contributed by atoms with E-state index in [1.807, 2.05) is 12.1 Å². The molecule has 3 heteroatoms. The Morgan fingerprint density at radius 3 is 2.72 bits per heavy atom. The van der Waals surface area contributed by atoms with Gasteiger partial charge in [-0.25, -0.2) is 4.79 Å². The van der Waals surface area contributed by atoms with Gasteiger partial charge in [-0.05, 0) is 47.6 Å². The zero-order valence-corrected chi connectivity index (χ0v) is 14.7. The second kappa shape index (κ2) is 6.40. The van der Waals surface area contributed by atoms with Crippen LogP contribution in [0, 0.1) is 5.92 Å². The SMILES string of the molecule is CCc1cccc2c1N[C@H](c1ccc(C(=O)OC)cc1)[C@H]1CC=C[C@H]21. The van der Waals surface area contributed by atoms with Crippen LogP contribution < -0.4 is 5.32 Å². The number of methoxy groups -OCH3 is 1. The van der Waals surface area contributed by atoms with Crippen LogP contribution in [0.3, 0.4) is 0 Å². The second-order valence-corrected chi connectivity index (χ2v) is 6.82. The van der Waals surface area contributed by atoms with Crippen LogP contribution in [0.15, 0.2) is 54.6 Å². The van der Waals surface area contributed by atoms with Crippen LogP contribution in [0.2, 0.25) is 0 Å². The molecule has 0 fully saturated rings. The van der Waals surface area contributed by atoms with Crippen molar-refractivity contribution < 1.29 is 9.53 Å². The molecule has 4 rings (SSSR count). The minimum absolute atomic E-state index is 0.256. The average molecular weight is 333 g/mol. The van der Waals surface area contributed by atoms with Crippen molar-refractivity contribution in [1.29, 1.82) is 0 Å². The lowest BCUT2D eigenvalue weighted by molar-refractivity contribution is 0.0600. The number of hydrogen-bond acceptors (Lipinski definition) is 3.